The maximum Gasteiger partial charge on any atom is 0.129 e. The molecule has 0 amide bonds. The maximum atomic E-state index is 7.51. The van der Waals surface area contributed by atoms with E-state index in [1.165, 1.54) is 25.7 Å². The van der Waals surface area contributed by atoms with E-state index < -0.39 is 0 Å². The zero-order valence-corrected chi connectivity index (χ0v) is 10.5. The fourth-order valence-corrected chi connectivity index (χ4v) is 2.47. The van der Waals surface area contributed by atoms with Crippen LogP contribution in [-0.2, 0) is 0 Å². The van der Waals surface area contributed by atoms with Crippen LogP contribution in [-0.4, -0.2) is 23.9 Å². The molecule has 1 saturated carbocycles. The van der Waals surface area contributed by atoms with E-state index in [1.807, 2.05) is 19.1 Å². The lowest BCUT2D eigenvalue weighted by atomic mass is 10.1. The molecule has 0 atom stereocenters. The largest absolute Gasteiger partial charge is 0.384 e. The average molecular weight is 232 g/mol. The number of nitrogens with one attached hydrogen (secondary N) is 1. The minimum absolute atomic E-state index is 0.108. The standard InChI is InChI=1S/C13H20N4/c1-9-7-10(13(14)15)8-12(16-9)17(2)11-5-3-4-6-11/h7-8,11H,3-6H2,1-2H3,(H3,14,15). The highest BCUT2D eigenvalue weighted by molar-refractivity contribution is 5.95. The summed E-state index contributed by atoms with van der Waals surface area (Å²) >= 11 is 0. The number of aromatic nitrogens is 1. The van der Waals surface area contributed by atoms with Gasteiger partial charge in [0.15, 0.2) is 0 Å². The summed E-state index contributed by atoms with van der Waals surface area (Å²) in [5.74, 6) is 1.04. The van der Waals surface area contributed by atoms with Gasteiger partial charge in [0.2, 0.25) is 0 Å². The second-order valence-corrected chi connectivity index (χ2v) is 4.82. The van der Waals surface area contributed by atoms with Crippen LogP contribution in [0.5, 0.6) is 0 Å². The summed E-state index contributed by atoms with van der Waals surface area (Å²) in [6, 6.07) is 4.35. The number of nitrogens with zero attached hydrogens (tertiary/aromatic N) is 2. The lowest BCUT2D eigenvalue weighted by molar-refractivity contribution is 0.646. The Labute approximate surface area is 102 Å². The van der Waals surface area contributed by atoms with E-state index in [0.717, 1.165) is 17.1 Å². The van der Waals surface area contributed by atoms with Crippen LogP contribution in [0, 0.1) is 12.3 Å². The number of nitrogen functional groups attached to an aromatic ring is 1. The van der Waals surface area contributed by atoms with Crippen molar-refractivity contribution < 1.29 is 0 Å². The van der Waals surface area contributed by atoms with Crippen LogP contribution in [0.1, 0.15) is 36.9 Å². The predicted octanol–water partition coefficient (Wildman–Crippen LogP) is 2.05. The van der Waals surface area contributed by atoms with Gasteiger partial charge in [-0.15, -0.1) is 0 Å². The second-order valence-electron chi connectivity index (χ2n) is 4.82. The van der Waals surface area contributed by atoms with Crippen molar-refractivity contribution in [2.24, 2.45) is 5.73 Å². The van der Waals surface area contributed by atoms with Crippen LogP contribution in [0.4, 0.5) is 5.82 Å². The molecule has 1 aromatic rings. The average Bonchev–Trinajstić information content (AvgIpc) is 2.80. The minimum Gasteiger partial charge on any atom is -0.384 e. The molecule has 1 fully saturated rings. The van der Waals surface area contributed by atoms with Gasteiger partial charge in [-0.05, 0) is 31.9 Å². The van der Waals surface area contributed by atoms with Gasteiger partial charge in [-0.3, -0.25) is 5.41 Å². The van der Waals surface area contributed by atoms with Crippen LogP contribution in [0.15, 0.2) is 12.1 Å². The third-order valence-electron chi connectivity index (χ3n) is 3.48. The van der Waals surface area contributed by atoms with Crippen molar-refractivity contribution in [1.29, 1.82) is 5.41 Å². The van der Waals surface area contributed by atoms with Gasteiger partial charge in [-0.2, -0.15) is 0 Å². The SMILES string of the molecule is Cc1cc(C(=N)N)cc(N(C)C2CCCC2)n1. The number of hydrogen-bond acceptors (Lipinski definition) is 3. The lowest BCUT2D eigenvalue weighted by Crippen LogP contribution is -2.30. The molecule has 0 aromatic carbocycles. The van der Waals surface area contributed by atoms with Crippen molar-refractivity contribution in [3.05, 3.63) is 23.4 Å². The van der Waals surface area contributed by atoms with E-state index in [-0.39, 0.29) is 5.84 Å². The smallest absolute Gasteiger partial charge is 0.129 e. The van der Waals surface area contributed by atoms with Gasteiger partial charge in [0.1, 0.15) is 11.7 Å². The summed E-state index contributed by atoms with van der Waals surface area (Å²) in [4.78, 5) is 6.76. The van der Waals surface area contributed by atoms with Crippen molar-refractivity contribution in [2.75, 3.05) is 11.9 Å². The highest BCUT2D eigenvalue weighted by Crippen LogP contribution is 2.26. The zero-order chi connectivity index (χ0) is 12.4. The van der Waals surface area contributed by atoms with Crippen molar-refractivity contribution in [1.82, 2.24) is 4.98 Å². The minimum atomic E-state index is 0.108. The topological polar surface area (TPSA) is 66.0 Å². The fourth-order valence-electron chi connectivity index (χ4n) is 2.47. The Morgan fingerprint density at radius 1 is 1.41 bits per heavy atom. The molecule has 0 bridgehead atoms. The Morgan fingerprint density at radius 3 is 2.65 bits per heavy atom. The van der Waals surface area contributed by atoms with E-state index in [1.54, 1.807) is 0 Å². The normalized spacial score (nSPS) is 16.1. The van der Waals surface area contributed by atoms with Gasteiger partial charge < -0.3 is 10.6 Å². The number of aryl methyl sites for hydroxylation is 1. The first-order valence-electron chi connectivity index (χ1n) is 6.14. The molecule has 1 aliphatic carbocycles. The van der Waals surface area contributed by atoms with E-state index in [4.69, 9.17) is 11.1 Å². The molecule has 17 heavy (non-hydrogen) atoms. The first-order valence-corrected chi connectivity index (χ1v) is 6.14. The highest BCUT2D eigenvalue weighted by Gasteiger charge is 2.21. The van der Waals surface area contributed by atoms with Crippen molar-refractivity contribution in [2.45, 2.75) is 38.6 Å². The molecule has 3 N–H and O–H groups in total. The first kappa shape index (κ1) is 11.9. The molecule has 0 saturated heterocycles. The second kappa shape index (κ2) is 4.73. The maximum absolute atomic E-state index is 7.51. The Morgan fingerprint density at radius 2 is 2.06 bits per heavy atom. The third-order valence-corrected chi connectivity index (χ3v) is 3.48. The van der Waals surface area contributed by atoms with E-state index in [2.05, 4.69) is 16.9 Å². The Kier molecular flexibility index (Phi) is 3.31. The van der Waals surface area contributed by atoms with Gasteiger partial charge in [0, 0.05) is 24.3 Å². The molecule has 0 aliphatic heterocycles. The van der Waals surface area contributed by atoms with Gasteiger partial charge in [-0.25, -0.2) is 4.98 Å². The monoisotopic (exact) mass is 232 g/mol. The molecule has 0 spiro atoms. The third kappa shape index (κ3) is 2.57. The number of rotatable bonds is 3. The predicted molar refractivity (Wildman–Crippen MR) is 70.6 cm³/mol. The molecular weight excluding hydrogens is 212 g/mol. The Bertz CT molecular complexity index is 421. The Hall–Kier alpha value is -1.58. The van der Waals surface area contributed by atoms with Crippen LogP contribution >= 0.6 is 0 Å². The summed E-state index contributed by atoms with van der Waals surface area (Å²) in [5, 5.41) is 7.51. The Balaban J connectivity index is 2.27. The van der Waals surface area contributed by atoms with E-state index >= 15 is 0 Å². The lowest BCUT2D eigenvalue weighted by Gasteiger charge is -2.26. The van der Waals surface area contributed by atoms with Gasteiger partial charge in [-0.1, -0.05) is 12.8 Å². The fraction of sp³-hybridized carbons (Fsp3) is 0.538. The summed E-state index contributed by atoms with van der Waals surface area (Å²) in [6.45, 7) is 1.94. The number of amidine groups is 1. The van der Waals surface area contributed by atoms with Crippen LogP contribution in [0.2, 0.25) is 0 Å². The van der Waals surface area contributed by atoms with Gasteiger partial charge in [0.05, 0.1) is 0 Å². The summed E-state index contributed by atoms with van der Waals surface area (Å²) in [6.07, 6.45) is 5.09. The van der Waals surface area contributed by atoms with E-state index in [0.29, 0.717) is 6.04 Å². The molecule has 0 radical (unpaired) electrons. The molecule has 1 aromatic heterocycles. The highest BCUT2D eigenvalue weighted by atomic mass is 15.2. The molecule has 1 heterocycles. The van der Waals surface area contributed by atoms with E-state index in [9.17, 15) is 0 Å². The van der Waals surface area contributed by atoms with Crippen LogP contribution in [0.3, 0.4) is 0 Å². The summed E-state index contributed by atoms with van der Waals surface area (Å²) in [5.41, 5.74) is 7.22. The van der Waals surface area contributed by atoms with Crippen molar-refractivity contribution in [3.8, 4) is 0 Å². The molecular formula is C13H20N4. The first-order chi connectivity index (χ1) is 8.08. The molecule has 4 nitrogen and oxygen atoms in total. The molecule has 92 valence electrons. The summed E-state index contributed by atoms with van der Waals surface area (Å²) in [7, 11) is 2.08. The van der Waals surface area contributed by atoms with Crippen molar-refractivity contribution >= 4 is 11.7 Å². The van der Waals surface area contributed by atoms with Crippen LogP contribution < -0.4 is 10.6 Å². The van der Waals surface area contributed by atoms with Gasteiger partial charge in [0.25, 0.3) is 0 Å². The number of pyridine rings is 1. The van der Waals surface area contributed by atoms with Gasteiger partial charge >= 0.3 is 0 Å². The number of anilines is 1. The molecule has 2 rings (SSSR count). The number of hydrogen-bond donors (Lipinski definition) is 2. The quantitative estimate of drug-likeness (QED) is 0.619. The number of nitrogens with two attached hydrogens (primary N) is 1. The molecule has 0 unspecified atom stereocenters. The zero-order valence-electron chi connectivity index (χ0n) is 10.5. The van der Waals surface area contributed by atoms with Crippen LogP contribution in [0.25, 0.3) is 0 Å². The molecule has 1 aliphatic rings. The summed E-state index contributed by atoms with van der Waals surface area (Å²) < 4.78 is 0. The van der Waals surface area contributed by atoms with Crippen molar-refractivity contribution in [3.63, 3.8) is 0 Å². The molecule has 4 heteroatoms.